The zero-order valence-corrected chi connectivity index (χ0v) is 25.8. The van der Waals surface area contributed by atoms with Gasteiger partial charge in [0.05, 0.1) is 26.2 Å². The van der Waals surface area contributed by atoms with Crippen molar-refractivity contribution in [1.29, 1.82) is 0 Å². The van der Waals surface area contributed by atoms with E-state index < -0.39 is 5.97 Å². The number of thiophene rings is 1. The molecule has 0 N–H and O–H groups in total. The van der Waals surface area contributed by atoms with Crippen LogP contribution in [0.15, 0.2) is 89.9 Å². The van der Waals surface area contributed by atoms with Gasteiger partial charge in [0.25, 0.3) is 0 Å². The van der Waals surface area contributed by atoms with Crippen molar-refractivity contribution in [2.45, 2.75) is 33.0 Å². The molecule has 8 heteroatoms. The molecule has 2 aromatic heterocycles. The van der Waals surface area contributed by atoms with Crippen LogP contribution in [0.3, 0.4) is 0 Å². The molecule has 2 heterocycles. The van der Waals surface area contributed by atoms with Gasteiger partial charge in [-0.25, -0.2) is 4.79 Å². The van der Waals surface area contributed by atoms with Crippen molar-refractivity contribution in [2.24, 2.45) is 0 Å². The molecule has 0 amide bonds. The number of aryl methyl sites for hydroxylation is 2. The third-order valence-corrected chi connectivity index (χ3v) is 8.71. The molecule has 5 rings (SSSR count). The smallest absolute Gasteiger partial charge is 0.343 e. The number of esters is 1. The molecular formula is C35H36N2O5S. The summed E-state index contributed by atoms with van der Waals surface area (Å²) in [7, 11) is 5.35. The standard InChI is InChI=1S/C35H36N2O5S/c1-5-42-35(39)29-23-37(20-19-25-13-9-10-14-30(25)41-4)34-31(32(29)38)28(22-36(2)21-24-11-7-6-8-12-24)33(43-34)26-15-17-27(40-3)18-16-26/h6-18,23H,5,19-22H2,1-4H3. The molecule has 0 bridgehead atoms. The Kier molecular flexibility index (Phi) is 9.59. The SMILES string of the molecule is CCOC(=O)c1cn(CCc2ccccc2OC)c2sc(-c3ccc(OC)cc3)c(CN(C)Cc3ccccc3)c2c1=O. The van der Waals surface area contributed by atoms with Gasteiger partial charge in [-0.1, -0.05) is 48.5 Å². The van der Waals surface area contributed by atoms with Crippen molar-refractivity contribution < 1.29 is 19.0 Å². The lowest BCUT2D eigenvalue weighted by Gasteiger charge is -2.18. The first-order chi connectivity index (χ1) is 20.9. The Hall–Kier alpha value is -4.40. The molecule has 0 unspecified atom stereocenters. The van der Waals surface area contributed by atoms with Gasteiger partial charge in [0.2, 0.25) is 5.43 Å². The van der Waals surface area contributed by atoms with Gasteiger partial charge in [-0.15, -0.1) is 11.3 Å². The van der Waals surface area contributed by atoms with Crippen LogP contribution in [0.2, 0.25) is 0 Å². The fraction of sp³-hybridized carbons (Fsp3) is 0.257. The van der Waals surface area contributed by atoms with E-state index in [-0.39, 0.29) is 17.6 Å². The zero-order chi connectivity index (χ0) is 30.3. The Morgan fingerprint density at radius 3 is 2.33 bits per heavy atom. The number of hydrogen-bond acceptors (Lipinski definition) is 7. The van der Waals surface area contributed by atoms with E-state index in [9.17, 15) is 9.59 Å². The van der Waals surface area contributed by atoms with Crippen molar-refractivity contribution in [3.05, 3.63) is 118 Å². The van der Waals surface area contributed by atoms with Crippen molar-refractivity contribution in [3.63, 3.8) is 0 Å². The van der Waals surface area contributed by atoms with E-state index in [2.05, 4.69) is 17.0 Å². The predicted molar refractivity (Wildman–Crippen MR) is 172 cm³/mol. The van der Waals surface area contributed by atoms with E-state index in [0.29, 0.717) is 31.4 Å². The number of fused-ring (bicyclic) bond motifs is 1. The van der Waals surface area contributed by atoms with Crippen LogP contribution >= 0.6 is 11.3 Å². The number of carbonyl (C=O) groups excluding carboxylic acids is 1. The lowest BCUT2D eigenvalue weighted by molar-refractivity contribution is 0.0524. The van der Waals surface area contributed by atoms with Crippen molar-refractivity contribution in [3.8, 4) is 21.9 Å². The Bertz CT molecular complexity index is 1760. The fourth-order valence-electron chi connectivity index (χ4n) is 5.31. The fourth-order valence-corrected chi connectivity index (χ4v) is 6.63. The summed E-state index contributed by atoms with van der Waals surface area (Å²) >= 11 is 1.57. The largest absolute Gasteiger partial charge is 0.497 e. The Morgan fingerprint density at radius 2 is 1.63 bits per heavy atom. The minimum absolute atomic E-state index is 0.0421. The van der Waals surface area contributed by atoms with Crippen molar-refractivity contribution in [1.82, 2.24) is 9.47 Å². The molecule has 0 aliphatic carbocycles. The molecular weight excluding hydrogens is 560 g/mol. The van der Waals surface area contributed by atoms with Gasteiger partial charge in [0.1, 0.15) is 21.9 Å². The molecule has 222 valence electrons. The maximum Gasteiger partial charge on any atom is 0.343 e. The van der Waals surface area contributed by atoms with Crippen LogP contribution in [0.25, 0.3) is 20.7 Å². The van der Waals surface area contributed by atoms with Gasteiger partial charge in [-0.2, -0.15) is 0 Å². The summed E-state index contributed by atoms with van der Waals surface area (Å²) < 4.78 is 18.3. The van der Waals surface area contributed by atoms with E-state index in [1.807, 2.05) is 78.3 Å². The third-order valence-electron chi connectivity index (χ3n) is 7.39. The second kappa shape index (κ2) is 13.7. The molecule has 0 radical (unpaired) electrons. The minimum atomic E-state index is -0.610. The van der Waals surface area contributed by atoms with Crippen LogP contribution in [0.5, 0.6) is 11.5 Å². The van der Waals surface area contributed by atoms with Gasteiger partial charge in [0.15, 0.2) is 0 Å². The highest BCUT2D eigenvalue weighted by Gasteiger charge is 2.25. The van der Waals surface area contributed by atoms with E-state index in [1.54, 1.807) is 38.7 Å². The maximum atomic E-state index is 14.1. The average Bonchev–Trinajstić information content (AvgIpc) is 3.41. The molecule has 0 spiro atoms. The number of carbonyl (C=O) groups is 1. The van der Waals surface area contributed by atoms with E-state index in [0.717, 1.165) is 37.9 Å². The molecule has 3 aromatic carbocycles. The molecule has 0 saturated heterocycles. The summed E-state index contributed by atoms with van der Waals surface area (Å²) in [4.78, 5) is 31.2. The first kappa shape index (κ1) is 30.1. The molecule has 43 heavy (non-hydrogen) atoms. The predicted octanol–water partition coefficient (Wildman–Crippen LogP) is 6.80. The number of rotatable bonds is 12. The van der Waals surface area contributed by atoms with E-state index >= 15 is 0 Å². The molecule has 0 atom stereocenters. The average molecular weight is 597 g/mol. The topological polar surface area (TPSA) is 70.0 Å². The summed E-state index contributed by atoms with van der Waals surface area (Å²) in [5.74, 6) is 0.952. The van der Waals surface area contributed by atoms with Gasteiger partial charge < -0.3 is 18.8 Å². The number of ether oxygens (including phenoxy) is 3. The monoisotopic (exact) mass is 596 g/mol. The Labute approximate surface area is 255 Å². The number of hydrogen-bond donors (Lipinski definition) is 0. The minimum Gasteiger partial charge on any atom is -0.497 e. The highest BCUT2D eigenvalue weighted by Crippen LogP contribution is 2.39. The highest BCUT2D eigenvalue weighted by atomic mass is 32.1. The molecule has 5 aromatic rings. The summed E-state index contributed by atoms with van der Waals surface area (Å²) in [5.41, 5.74) is 3.84. The van der Waals surface area contributed by atoms with Crippen LogP contribution in [-0.4, -0.2) is 43.3 Å². The second-order valence-electron chi connectivity index (χ2n) is 10.3. The van der Waals surface area contributed by atoms with E-state index in [4.69, 9.17) is 14.2 Å². The van der Waals surface area contributed by atoms with E-state index in [1.165, 1.54) is 5.56 Å². The first-order valence-electron chi connectivity index (χ1n) is 14.3. The lowest BCUT2D eigenvalue weighted by Crippen LogP contribution is -2.23. The molecule has 7 nitrogen and oxygen atoms in total. The quantitative estimate of drug-likeness (QED) is 0.148. The van der Waals surface area contributed by atoms with Crippen LogP contribution < -0.4 is 14.9 Å². The van der Waals surface area contributed by atoms with Crippen LogP contribution in [0.1, 0.15) is 34.0 Å². The summed E-state index contributed by atoms with van der Waals surface area (Å²) in [5, 5.41) is 0.557. The zero-order valence-electron chi connectivity index (χ0n) is 25.0. The lowest BCUT2D eigenvalue weighted by atomic mass is 10.0. The number of methoxy groups -OCH3 is 2. The summed E-state index contributed by atoms with van der Waals surface area (Å²) in [6.45, 7) is 3.70. The van der Waals surface area contributed by atoms with Crippen LogP contribution in [0, 0.1) is 0 Å². The normalized spacial score (nSPS) is 11.2. The second-order valence-corrected chi connectivity index (χ2v) is 11.3. The molecule has 0 aliphatic heterocycles. The van der Waals surface area contributed by atoms with Crippen molar-refractivity contribution >= 4 is 27.5 Å². The van der Waals surface area contributed by atoms with Gasteiger partial charge >= 0.3 is 5.97 Å². The van der Waals surface area contributed by atoms with Crippen LogP contribution in [0.4, 0.5) is 0 Å². The number of aromatic nitrogens is 1. The van der Waals surface area contributed by atoms with Gasteiger partial charge in [-0.05, 0) is 73.0 Å². The summed E-state index contributed by atoms with van der Waals surface area (Å²) in [6, 6.07) is 26.0. The Morgan fingerprint density at radius 1 is 0.907 bits per heavy atom. The number of benzene rings is 3. The Balaban J connectivity index is 1.67. The maximum absolute atomic E-state index is 14.1. The molecule has 0 fully saturated rings. The number of para-hydroxylation sites is 1. The van der Waals surface area contributed by atoms with Gasteiger partial charge in [-0.3, -0.25) is 9.69 Å². The molecule has 0 aliphatic rings. The van der Waals surface area contributed by atoms with Crippen molar-refractivity contribution in [2.75, 3.05) is 27.9 Å². The number of pyridine rings is 1. The summed E-state index contributed by atoms with van der Waals surface area (Å²) in [6.07, 6.45) is 2.31. The molecule has 0 saturated carbocycles. The highest BCUT2D eigenvalue weighted by molar-refractivity contribution is 7.22. The van der Waals surface area contributed by atoms with Gasteiger partial charge in [0, 0.05) is 30.7 Å². The third kappa shape index (κ3) is 6.66. The first-order valence-corrected chi connectivity index (χ1v) is 15.1. The number of nitrogens with zero attached hydrogens (tertiary/aromatic N) is 2. The van der Waals surface area contributed by atoms with Crippen LogP contribution in [-0.2, 0) is 30.8 Å².